The molecule has 0 saturated heterocycles. The number of nitriles is 1. The number of nitrogens with zero attached hydrogens (tertiary/aromatic N) is 3. The summed E-state index contributed by atoms with van der Waals surface area (Å²) in [7, 11) is 1.83. The third-order valence-electron chi connectivity index (χ3n) is 2.94. The van der Waals surface area contributed by atoms with Crippen LogP contribution in [0, 0.1) is 25.2 Å². The van der Waals surface area contributed by atoms with Crippen LogP contribution in [0.4, 0.5) is 0 Å². The Morgan fingerprint density at radius 2 is 2.16 bits per heavy atom. The molecule has 0 atom stereocenters. The lowest BCUT2D eigenvalue weighted by atomic mass is 10.1. The van der Waals surface area contributed by atoms with E-state index in [1.54, 1.807) is 16.8 Å². The van der Waals surface area contributed by atoms with E-state index in [9.17, 15) is 0 Å². The zero-order valence-corrected chi connectivity index (χ0v) is 11.8. The average Bonchev–Trinajstić information content (AvgIpc) is 2.63. The number of rotatable bonds is 3. The van der Waals surface area contributed by atoms with Crippen LogP contribution in [0.3, 0.4) is 0 Å². The minimum Gasteiger partial charge on any atom is -0.487 e. The van der Waals surface area contributed by atoms with Gasteiger partial charge >= 0.3 is 0 Å². The number of benzene rings is 1. The van der Waals surface area contributed by atoms with Crippen molar-refractivity contribution in [3.8, 4) is 11.8 Å². The molecular weight excluding hydrogens is 262 g/mol. The van der Waals surface area contributed by atoms with Gasteiger partial charge in [-0.1, -0.05) is 17.7 Å². The molecule has 0 amide bonds. The fourth-order valence-corrected chi connectivity index (χ4v) is 2.02. The summed E-state index contributed by atoms with van der Waals surface area (Å²) < 4.78 is 7.45. The van der Waals surface area contributed by atoms with Gasteiger partial charge in [-0.25, -0.2) is 0 Å². The summed E-state index contributed by atoms with van der Waals surface area (Å²) in [4.78, 5) is 0. The second kappa shape index (κ2) is 5.33. The third kappa shape index (κ3) is 2.72. The van der Waals surface area contributed by atoms with Gasteiger partial charge in [0, 0.05) is 7.05 Å². The molecule has 1 aromatic carbocycles. The van der Waals surface area contributed by atoms with E-state index in [0.717, 1.165) is 17.0 Å². The first-order chi connectivity index (χ1) is 9.02. The van der Waals surface area contributed by atoms with E-state index in [-0.39, 0.29) is 0 Å². The van der Waals surface area contributed by atoms with Crippen molar-refractivity contribution < 1.29 is 4.74 Å². The molecule has 0 spiro atoms. The number of aryl methyl sites for hydroxylation is 3. The highest BCUT2D eigenvalue weighted by molar-refractivity contribution is 6.31. The second-order valence-corrected chi connectivity index (χ2v) is 4.73. The zero-order valence-electron chi connectivity index (χ0n) is 11.1. The lowest BCUT2D eigenvalue weighted by Crippen LogP contribution is -2.04. The fourth-order valence-electron chi connectivity index (χ4n) is 1.81. The molecule has 5 heteroatoms. The van der Waals surface area contributed by atoms with Gasteiger partial charge in [0.25, 0.3) is 0 Å². The molecule has 0 unspecified atom stereocenters. The van der Waals surface area contributed by atoms with Gasteiger partial charge in [-0.05, 0) is 31.5 Å². The van der Waals surface area contributed by atoms with Crippen LogP contribution < -0.4 is 4.74 Å². The van der Waals surface area contributed by atoms with Crippen molar-refractivity contribution in [1.29, 1.82) is 5.26 Å². The summed E-state index contributed by atoms with van der Waals surface area (Å²) >= 11 is 6.16. The molecule has 0 aliphatic heterocycles. The van der Waals surface area contributed by atoms with E-state index in [2.05, 4.69) is 11.2 Å². The van der Waals surface area contributed by atoms with Crippen LogP contribution in [0.25, 0.3) is 0 Å². The first kappa shape index (κ1) is 13.4. The summed E-state index contributed by atoms with van der Waals surface area (Å²) in [6, 6.07) is 7.46. The van der Waals surface area contributed by atoms with Gasteiger partial charge in [-0.2, -0.15) is 10.4 Å². The van der Waals surface area contributed by atoms with Crippen molar-refractivity contribution in [3.63, 3.8) is 0 Å². The number of halogens is 1. The van der Waals surface area contributed by atoms with Crippen molar-refractivity contribution >= 4 is 11.6 Å². The summed E-state index contributed by atoms with van der Waals surface area (Å²) in [5, 5.41) is 13.7. The highest BCUT2D eigenvalue weighted by Gasteiger charge is 2.12. The smallest absolute Gasteiger partial charge is 0.131 e. The van der Waals surface area contributed by atoms with E-state index in [4.69, 9.17) is 21.6 Å². The second-order valence-electron chi connectivity index (χ2n) is 4.35. The number of aromatic nitrogens is 2. The SMILES string of the molecule is Cc1ccc(C#N)cc1OCc1c(Cl)c(C)nn1C. The number of ether oxygens (including phenoxy) is 1. The van der Waals surface area contributed by atoms with Gasteiger partial charge in [0.2, 0.25) is 0 Å². The Morgan fingerprint density at radius 1 is 1.42 bits per heavy atom. The summed E-state index contributed by atoms with van der Waals surface area (Å²) in [5.74, 6) is 0.689. The Bertz CT molecular complexity index is 655. The van der Waals surface area contributed by atoms with Gasteiger partial charge < -0.3 is 4.74 Å². The lowest BCUT2D eigenvalue weighted by molar-refractivity contribution is 0.293. The maximum atomic E-state index is 8.89. The van der Waals surface area contributed by atoms with Gasteiger partial charge in [0.1, 0.15) is 12.4 Å². The standard InChI is InChI=1S/C14H14ClN3O/c1-9-4-5-11(7-16)6-13(9)19-8-12-14(15)10(2)17-18(12)3/h4-6H,8H2,1-3H3. The summed E-state index contributed by atoms with van der Waals surface area (Å²) in [5.41, 5.74) is 3.16. The largest absolute Gasteiger partial charge is 0.487 e. The van der Waals surface area contributed by atoms with Crippen LogP contribution >= 0.6 is 11.6 Å². The molecule has 0 N–H and O–H groups in total. The van der Waals surface area contributed by atoms with Gasteiger partial charge in [0.15, 0.2) is 0 Å². The van der Waals surface area contributed by atoms with E-state index >= 15 is 0 Å². The van der Waals surface area contributed by atoms with Crippen LogP contribution in [0.5, 0.6) is 5.75 Å². The zero-order chi connectivity index (χ0) is 14.0. The quantitative estimate of drug-likeness (QED) is 0.865. The Balaban J connectivity index is 2.21. The predicted molar refractivity (Wildman–Crippen MR) is 73.2 cm³/mol. The van der Waals surface area contributed by atoms with Crippen LogP contribution in [-0.2, 0) is 13.7 Å². The predicted octanol–water partition coefficient (Wildman–Crippen LogP) is 3.14. The topological polar surface area (TPSA) is 50.8 Å². The molecule has 0 fully saturated rings. The highest BCUT2D eigenvalue weighted by atomic mass is 35.5. The third-order valence-corrected chi connectivity index (χ3v) is 3.43. The first-order valence-corrected chi connectivity index (χ1v) is 6.22. The molecule has 4 nitrogen and oxygen atoms in total. The maximum absolute atomic E-state index is 8.89. The number of hydrogen-bond donors (Lipinski definition) is 0. The molecule has 19 heavy (non-hydrogen) atoms. The molecule has 0 aliphatic rings. The van der Waals surface area contributed by atoms with Crippen molar-refractivity contribution in [3.05, 3.63) is 45.7 Å². The molecule has 0 aliphatic carbocycles. The van der Waals surface area contributed by atoms with E-state index in [0.29, 0.717) is 22.9 Å². The van der Waals surface area contributed by atoms with Crippen LogP contribution in [-0.4, -0.2) is 9.78 Å². The first-order valence-electron chi connectivity index (χ1n) is 5.84. The van der Waals surface area contributed by atoms with Gasteiger partial charge in [0.05, 0.1) is 28.0 Å². The minimum absolute atomic E-state index is 0.325. The minimum atomic E-state index is 0.325. The monoisotopic (exact) mass is 275 g/mol. The van der Waals surface area contributed by atoms with Crippen molar-refractivity contribution in [2.75, 3.05) is 0 Å². The van der Waals surface area contributed by atoms with Gasteiger partial charge in [-0.3, -0.25) is 4.68 Å². The Hall–Kier alpha value is -1.99. The van der Waals surface area contributed by atoms with Crippen LogP contribution in [0.2, 0.25) is 5.02 Å². The van der Waals surface area contributed by atoms with Crippen molar-refractivity contribution in [2.24, 2.45) is 7.05 Å². The Morgan fingerprint density at radius 3 is 2.74 bits per heavy atom. The van der Waals surface area contributed by atoms with Crippen molar-refractivity contribution in [2.45, 2.75) is 20.5 Å². The van der Waals surface area contributed by atoms with Crippen LogP contribution in [0.1, 0.15) is 22.5 Å². The molecule has 0 bridgehead atoms. The van der Waals surface area contributed by atoms with E-state index in [1.165, 1.54) is 0 Å². The molecule has 2 rings (SSSR count). The number of hydrogen-bond acceptors (Lipinski definition) is 3. The molecule has 1 aromatic heterocycles. The maximum Gasteiger partial charge on any atom is 0.131 e. The normalized spacial score (nSPS) is 10.3. The highest BCUT2D eigenvalue weighted by Crippen LogP contribution is 2.24. The van der Waals surface area contributed by atoms with Gasteiger partial charge in [-0.15, -0.1) is 0 Å². The Kier molecular flexibility index (Phi) is 3.77. The van der Waals surface area contributed by atoms with E-state index in [1.807, 2.05) is 27.0 Å². The molecule has 2 aromatic rings. The molecule has 1 heterocycles. The fraction of sp³-hybridized carbons (Fsp3) is 0.286. The van der Waals surface area contributed by atoms with E-state index < -0.39 is 0 Å². The van der Waals surface area contributed by atoms with Crippen molar-refractivity contribution in [1.82, 2.24) is 9.78 Å². The summed E-state index contributed by atoms with van der Waals surface area (Å²) in [6.45, 7) is 4.12. The molecule has 0 radical (unpaired) electrons. The average molecular weight is 276 g/mol. The molecule has 98 valence electrons. The Labute approximate surface area is 117 Å². The molecular formula is C14H14ClN3O. The van der Waals surface area contributed by atoms with Crippen LogP contribution in [0.15, 0.2) is 18.2 Å². The lowest BCUT2D eigenvalue weighted by Gasteiger charge is -2.10. The molecule has 0 saturated carbocycles. The summed E-state index contributed by atoms with van der Waals surface area (Å²) in [6.07, 6.45) is 0.